The van der Waals surface area contributed by atoms with E-state index in [0.29, 0.717) is 34.4 Å². The van der Waals surface area contributed by atoms with Crippen molar-refractivity contribution in [2.75, 3.05) is 10.6 Å². The second-order valence-electron chi connectivity index (χ2n) is 4.69. The van der Waals surface area contributed by atoms with Crippen LogP contribution in [0.15, 0.2) is 39.6 Å². The molecule has 0 fully saturated rings. The molecular weight excluding hydrogens is 286 g/mol. The summed E-state index contributed by atoms with van der Waals surface area (Å²) in [4.78, 5) is 16.2. The molecule has 22 heavy (non-hydrogen) atoms. The van der Waals surface area contributed by atoms with Crippen molar-refractivity contribution >= 4 is 23.2 Å². The van der Waals surface area contributed by atoms with Crippen LogP contribution < -0.4 is 10.6 Å². The smallest absolute Gasteiger partial charge is 0.258 e. The van der Waals surface area contributed by atoms with Crippen LogP contribution in [0.2, 0.25) is 0 Å². The van der Waals surface area contributed by atoms with Crippen molar-refractivity contribution in [3.05, 3.63) is 47.7 Å². The summed E-state index contributed by atoms with van der Waals surface area (Å²) >= 11 is 0. The molecule has 3 rings (SSSR count). The zero-order valence-electron chi connectivity index (χ0n) is 12.0. The Hall–Kier alpha value is -3.16. The molecule has 0 bridgehead atoms. The van der Waals surface area contributed by atoms with Gasteiger partial charge >= 0.3 is 0 Å². The van der Waals surface area contributed by atoms with E-state index in [1.807, 2.05) is 0 Å². The van der Waals surface area contributed by atoms with Crippen LogP contribution in [-0.2, 0) is 0 Å². The Kier molecular flexibility index (Phi) is 3.57. The van der Waals surface area contributed by atoms with Crippen molar-refractivity contribution in [1.29, 1.82) is 0 Å². The predicted molar refractivity (Wildman–Crippen MR) is 78.0 cm³/mol. The summed E-state index contributed by atoms with van der Waals surface area (Å²) in [5, 5.41) is 13.2. The standard InChI is InChI=1S/C14H13N5O3/c1-8-3-12(18-21-8)16-11-5-10(6-15-7-11)14(20)17-13-4-9(2)22-19-13/h3-7H,1-2H3,(H,16,18)(H,17,19,20). The molecule has 3 heterocycles. The molecule has 0 aromatic carbocycles. The maximum absolute atomic E-state index is 12.1. The minimum absolute atomic E-state index is 0.333. The van der Waals surface area contributed by atoms with Crippen LogP contribution in [0.3, 0.4) is 0 Å². The molecule has 0 aliphatic heterocycles. The topological polar surface area (TPSA) is 106 Å². The molecule has 0 atom stereocenters. The van der Waals surface area contributed by atoms with Crippen LogP contribution in [0.1, 0.15) is 21.9 Å². The number of rotatable bonds is 4. The van der Waals surface area contributed by atoms with Crippen LogP contribution in [0, 0.1) is 13.8 Å². The van der Waals surface area contributed by atoms with Gasteiger partial charge in [-0.1, -0.05) is 10.3 Å². The zero-order valence-corrected chi connectivity index (χ0v) is 12.0. The summed E-state index contributed by atoms with van der Waals surface area (Å²) in [6.45, 7) is 3.54. The molecule has 3 aromatic heterocycles. The number of carbonyl (C=O) groups excluding carboxylic acids is 1. The van der Waals surface area contributed by atoms with Gasteiger partial charge in [0, 0.05) is 18.3 Å². The van der Waals surface area contributed by atoms with E-state index in [1.165, 1.54) is 6.20 Å². The van der Waals surface area contributed by atoms with Crippen LogP contribution in [0.4, 0.5) is 17.3 Å². The summed E-state index contributed by atoms with van der Waals surface area (Å²) in [7, 11) is 0. The highest BCUT2D eigenvalue weighted by atomic mass is 16.5. The van der Waals surface area contributed by atoms with E-state index in [0.717, 1.165) is 0 Å². The van der Waals surface area contributed by atoms with E-state index in [4.69, 9.17) is 9.05 Å². The fourth-order valence-electron chi connectivity index (χ4n) is 1.82. The number of anilines is 3. The highest BCUT2D eigenvalue weighted by Gasteiger charge is 2.10. The molecule has 8 heteroatoms. The molecule has 0 aliphatic carbocycles. The quantitative estimate of drug-likeness (QED) is 0.762. The molecule has 0 saturated carbocycles. The number of nitrogens with one attached hydrogen (secondary N) is 2. The second kappa shape index (κ2) is 5.68. The Morgan fingerprint density at radius 1 is 1.00 bits per heavy atom. The van der Waals surface area contributed by atoms with E-state index in [1.54, 1.807) is 38.2 Å². The Morgan fingerprint density at radius 3 is 2.32 bits per heavy atom. The highest BCUT2D eigenvalue weighted by molar-refractivity contribution is 6.04. The Morgan fingerprint density at radius 2 is 1.68 bits per heavy atom. The molecule has 8 nitrogen and oxygen atoms in total. The van der Waals surface area contributed by atoms with Gasteiger partial charge in [0.05, 0.1) is 17.4 Å². The third-order valence-corrected chi connectivity index (χ3v) is 2.77. The molecule has 1 amide bonds. The number of hydrogen-bond acceptors (Lipinski definition) is 7. The molecule has 0 radical (unpaired) electrons. The minimum atomic E-state index is -0.333. The molecule has 0 unspecified atom stereocenters. The average molecular weight is 299 g/mol. The van der Waals surface area contributed by atoms with Crippen LogP contribution in [-0.4, -0.2) is 21.2 Å². The van der Waals surface area contributed by atoms with Crippen molar-refractivity contribution in [3.8, 4) is 0 Å². The average Bonchev–Trinajstić information content (AvgIpc) is 3.08. The third kappa shape index (κ3) is 3.11. The predicted octanol–water partition coefficient (Wildman–Crippen LogP) is 2.67. The van der Waals surface area contributed by atoms with Gasteiger partial charge in [-0.3, -0.25) is 9.78 Å². The summed E-state index contributed by atoms with van der Waals surface area (Å²) in [6.07, 6.45) is 3.04. The van der Waals surface area contributed by atoms with E-state index in [2.05, 4.69) is 25.9 Å². The van der Waals surface area contributed by atoms with Gasteiger partial charge in [0.25, 0.3) is 5.91 Å². The minimum Gasteiger partial charge on any atom is -0.360 e. The van der Waals surface area contributed by atoms with Crippen LogP contribution in [0.5, 0.6) is 0 Å². The first-order chi connectivity index (χ1) is 10.6. The lowest BCUT2D eigenvalue weighted by Crippen LogP contribution is -2.12. The fourth-order valence-corrected chi connectivity index (χ4v) is 1.82. The number of nitrogens with zero attached hydrogens (tertiary/aromatic N) is 3. The summed E-state index contributed by atoms with van der Waals surface area (Å²) in [5.74, 6) is 1.87. The van der Waals surface area contributed by atoms with E-state index < -0.39 is 0 Å². The second-order valence-corrected chi connectivity index (χ2v) is 4.69. The van der Waals surface area contributed by atoms with Gasteiger partial charge in [0.1, 0.15) is 11.5 Å². The van der Waals surface area contributed by atoms with Crippen LogP contribution in [0.25, 0.3) is 0 Å². The van der Waals surface area contributed by atoms with E-state index in [9.17, 15) is 4.79 Å². The first-order valence-corrected chi connectivity index (χ1v) is 6.50. The summed E-state index contributed by atoms with van der Waals surface area (Å²) < 4.78 is 9.86. The molecule has 0 saturated heterocycles. The van der Waals surface area contributed by atoms with Crippen molar-refractivity contribution in [3.63, 3.8) is 0 Å². The van der Waals surface area contributed by atoms with Crippen molar-refractivity contribution in [2.24, 2.45) is 0 Å². The van der Waals surface area contributed by atoms with Crippen LogP contribution >= 0.6 is 0 Å². The van der Waals surface area contributed by atoms with Gasteiger partial charge in [0.2, 0.25) is 0 Å². The zero-order chi connectivity index (χ0) is 15.5. The number of hydrogen-bond donors (Lipinski definition) is 2. The van der Waals surface area contributed by atoms with Gasteiger partial charge in [0.15, 0.2) is 11.6 Å². The number of amides is 1. The largest absolute Gasteiger partial charge is 0.360 e. The molecule has 2 N–H and O–H groups in total. The van der Waals surface area contributed by atoms with Crippen molar-refractivity contribution < 1.29 is 13.8 Å². The van der Waals surface area contributed by atoms with Gasteiger partial charge in [-0.2, -0.15) is 0 Å². The maximum atomic E-state index is 12.1. The molecule has 3 aromatic rings. The first-order valence-electron chi connectivity index (χ1n) is 6.50. The number of aryl methyl sites for hydroxylation is 2. The third-order valence-electron chi connectivity index (χ3n) is 2.77. The van der Waals surface area contributed by atoms with Gasteiger partial charge in [-0.05, 0) is 19.9 Å². The Labute approximate surface area is 125 Å². The number of pyridine rings is 1. The van der Waals surface area contributed by atoms with E-state index in [-0.39, 0.29) is 5.91 Å². The Bertz CT molecular complexity index is 808. The summed E-state index contributed by atoms with van der Waals surface area (Å²) in [6, 6.07) is 5.02. The molecule has 112 valence electrons. The summed E-state index contributed by atoms with van der Waals surface area (Å²) in [5.41, 5.74) is 1.00. The molecular formula is C14H13N5O3. The van der Waals surface area contributed by atoms with Crippen molar-refractivity contribution in [2.45, 2.75) is 13.8 Å². The monoisotopic (exact) mass is 299 g/mol. The lowest BCUT2D eigenvalue weighted by molar-refractivity contribution is 0.102. The number of aromatic nitrogens is 3. The van der Waals surface area contributed by atoms with Gasteiger partial charge < -0.3 is 19.7 Å². The van der Waals surface area contributed by atoms with Gasteiger partial charge in [-0.25, -0.2) is 0 Å². The maximum Gasteiger partial charge on any atom is 0.258 e. The lowest BCUT2D eigenvalue weighted by Gasteiger charge is -2.04. The number of carbonyl (C=O) groups is 1. The van der Waals surface area contributed by atoms with E-state index >= 15 is 0 Å². The normalized spacial score (nSPS) is 10.5. The Balaban J connectivity index is 1.74. The first kappa shape index (κ1) is 13.8. The lowest BCUT2D eigenvalue weighted by atomic mass is 10.2. The van der Waals surface area contributed by atoms with Crippen molar-refractivity contribution in [1.82, 2.24) is 15.3 Å². The molecule has 0 spiro atoms. The van der Waals surface area contributed by atoms with Gasteiger partial charge in [-0.15, -0.1) is 0 Å². The SMILES string of the molecule is Cc1cc(NC(=O)c2cncc(Nc3cc(C)on3)c2)no1. The molecule has 0 aliphatic rings. The highest BCUT2D eigenvalue weighted by Crippen LogP contribution is 2.17. The fraction of sp³-hybridized carbons (Fsp3) is 0.143.